The maximum absolute atomic E-state index is 12.8. The van der Waals surface area contributed by atoms with Crippen molar-refractivity contribution in [3.05, 3.63) is 52.9 Å². The standard InChI is InChI=1S/C19H18N2O4S2/c1-23-14-9-12(10-15(24-2)17(14)25-3)11-16-18(22)21(19(26)27-16)20-13-7-5-4-6-8-13/h4-11,20H,1-3H3/b16-11+. The highest BCUT2D eigenvalue weighted by Crippen LogP contribution is 2.40. The number of hydrogen-bond acceptors (Lipinski definition) is 7. The van der Waals surface area contributed by atoms with E-state index in [4.69, 9.17) is 26.4 Å². The molecule has 6 nitrogen and oxygen atoms in total. The quantitative estimate of drug-likeness (QED) is 0.580. The molecule has 0 saturated carbocycles. The van der Waals surface area contributed by atoms with Crippen LogP contribution in [0.25, 0.3) is 6.08 Å². The Balaban J connectivity index is 1.89. The number of thioether (sulfide) groups is 1. The minimum Gasteiger partial charge on any atom is -0.493 e. The van der Waals surface area contributed by atoms with E-state index in [-0.39, 0.29) is 5.91 Å². The van der Waals surface area contributed by atoms with Crippen molar-refractivity contribution in [2.75, 3.05) is 26.8 Å². The molecule has 1 fully saturated rings. The van der Waals surface area contributed by atoms with Crippen LogP contribution in [0.2, 0.25) is 0 Å². The first-order valence-electron chi connectivity index (χ1n) is 7.97. The summed E-state index contributed by atoms with van der Waals surface area (Å²) >= 11 is 6.57. The molecule has 0 spiro atoms. The molecule has 0 unspecified atom stereocenters. The van der Waals surface area contributed by atoms with Crippen molar-refractivity contribution in [1.29, 1.82) is 0 Å². The molecule has 0 atom stereocenters. The Morgan fingerprint density at radius 1 is 1.04 bits per heavy atom. The molecule has 0 bridgehead atoms. The van der Waals surface area contributed by atoms with Gasteiger partial charge in [-0.2, -0.15) is 0 Å². The molecule has 1 aliphatic heterocycles. The number of nitrogens with one attached hydrogen (secondary N) is 1. The lowest BCUT2D eigenvalue weighted by molar-refractivity contribution is -0.121. The Morgan fingerprint density at radius 2 is 1.67 bits per heavy atom. The van der Waals surface area contributed by atoms with E-state index in [9.17, 15) is 4.79 Å². The lowest BCUT2D eigenvalue weighted by Crippen LogP contribution is -2.33. The van der Waals surface area contributed by atoms with Crippen molar-refractivity contribution < 1.29 is 19.0 Å². The number of ether oxygens (including phenoxy) is 3. The summed E-state index contributed by atoms with van der Waals surface area (Å²) < 4.78 is 16.5. The highest BCUT2D eigenvalue weighted by Gasteiger charge is 2.32. The second-order valence-corrected chi connectivity index (χ2v) is 7.13. The zero-order valence-electron chi connectivity index (χ0n) is 15.0. The molecule has 8 heteroatoms. The maximum atomic E-state index is 12.8. The van der Waals surface area contributed by atoms with E-state index < -0.39 is 0 Å². The minimum absolute atomic E-state index is 0.220. The second-order valence-electron chi connectivity index (χ2n) is 5.45. The Hall–Kier alpha value is -2.71. The van der Waals surface area contributed by atoms with Crippen LogP contribution in [0.3, 0.4) is 0 Å². The van der Waals surface area contributed by atoms with Crippen LogP contribution in [-0.2, 0) is 4.79 Å². The molecule has 0 radical (unpaired) electrons. The van der Waals surface area contributed by atoms with E-state index in [0.29, 0.717) is 26.5 Å². The third kappa shape index (κ3) is 4.01. The SMILES string of the molecule is COc1cc(/C=C2/SC(=S)N(Nc3ccccc3)C2=O)cc(OC)c1OC. The van der Waals surface area contributed by atoms with Crippen LogP contribution >= 0.6 is 24.0 Å². The number of carbonyl (C=O) groups is 1. The highest BCUT2D eigenvalue weighted by atomic mass is 32.2. The average Bonchev–Trinajstić information content (AvgIpc) is 2.95. The highest BCUT2D eigenvalue weighted by molar-refractivity contribution is 8.26. The molecule has 27 heavy (non-hydrogen) atoms. The predicted molar refractivity (Wildman–Crippen MR) is 111 cm³/mol. The number of methoxy groups -OCH3 is 3. The first kappa shape index (κ1) is 19.1. The van der Waals surface area contributed by atoms with E-state index >= 15 is 0 Å². The molecule has 1 heterocycles. The van der Waals surface area contributed by atoms with Crippen molar-refractivity contribution in [1.82, 2.24) is 5.01 Å². The molecule has 3 rings (SSSR count). The topological polar surface area (TPSA) is 60.0 Å². The van der Waals surface area contributed by atoms with Crippen molar-refractivity contribution in [2.24, 2.45) is 0 Å². The van der Waals surface area contributed by atoms with Crippen LogP contribution in [0.5, 0.6) is 17.2 Å². The number of thiocarbonyl (C=S) groups is 1. The number of rotatable bonds is 6. The van der Waals surface area contributed by atoms with Gasteiger partial charge in [-0.1, -0.05) is 30.0 Å². The van der Waals surface area contributed by atoms with E-state index in [0.717, 1.165) is 11.3 Å². The average molecular weight is 402 g/mol. The van der Waals surface area contributed by atoms with Gasteiger partial charge in [0.1, 0.15) is 0 Å². The lowest BCUT2D eigenvalue weighted by atomic mass is 10.1. The first-order chi connectivity index (χ1) is 13.1. The maximum Gasteiger partial charge on any atom is 0.285 e. The normalized spacial score (nSPS) is 15.2. The van der Waals surface area contributed by atoms with Crippen molar-refractivity contribution >= 4 is 46.0 Å². The van der Waals surface area contributed by atoms with E-state index in [1.807, 2.05) is 30.3 Å². The summed E-state index contributed by atoms with van der Waals surface area (Å²) in [4.78, 5) is 13.3. The van der Waals surface area contributed by atoms with Gasteiger partial charge in [0.05, 0.1) is 31.9 Å². The number of hydrazine groups is 1. The van der Waals surface area contributed by atoms with Crippen LogP contribution in [0.15, 0.2) is 47.4 Å². The van der Waals surface area contributed by atoms with Crippen molar-refractivity contribution in [2.45, 2.75) is 0 Å². The van der Waals surface area contributed by atoms with Crippen LogP contribution in [0.1, 0.15) is 5.56 Å². The number of para-hydroxylation sites is 1. The van der Waals surface area contributed by atoms with Gasteiger partial charge >= 0.3 is 0 Å². The number of benzene rings is 2. The fraction of sp³-hybridized carbons (Fsp3) is 0.158. The molecule has 2 aromatic carbocycles. The molecule has 2 aromatic rings. The third-order valence-corrected chi connectivity index (χ3v) is 5.10. The summed E-state index contributed by atoms with van der Waals surface area (Å²) in [5.74, 6) is 1.31. The van der Waals surface area contributed by atoms with Gasteiger partial charge in [-0.15, -0.1) is 0 Å². The second kappa shape index (κ2) is 8.32. The monoisotopic (exact) mass is 402 g/mol. The Labute approximate surface area is 167 Å². The summed E-state index contributed by atoms with van der Waals surface area (Å²) in [7, 11) is 4.63. The third-order valence-electron chi connectivity index (χ3n) is 3.79. The van der Waals surface area contributed by atoms with Crippen LogP contribution < -0.4 is 19.6 Å². The van der Waals surface area contributed by atoms with Gasteiger partial charge in [-0.3, -0.25) is 10.2 Å². The lowest BCUT2D eigenvalue weighted by Gasteiger charge is -2.16. The van der Waals surface area contributed by atoms with Crippen LogP contribution in [0.4, 0.5) is 5.69 Å². The van der Waals surface area contributed by atoms with Gasteiger partial charge in [0.15, 0.2) is 15.8 Å². The van der Waals surface area contributed by atoms with Gasteiger partial charge in [0.2, 0.25) is 5.75 Å². The van der Waals surface area contributed by atoms with Crippen LogP contribution in [-0.4, -0.2) is 36.6 Å². The van der Waals surface area contributed by atoms with Gasteiger partial charge in [0.25, 0.3) is 5.91 Å². The van der Waals surface area contributed by atoms with Crippen molar-refractivity contribution in [3.63, 3.8) is 0 Å². The van der Waals surface area contributed by atoms with E-state index in [1.165, 1.54) is 16.8 Å². The molecular formula is C19H18N2O4S2. The molecule has 0 aliphatic carbocycles. The Kier molecular flexibility index (Phi) is 5.88. The largest absolute Gasteiger partial charge is 0.493 e. The molecule has 1 N–H and O–H groups in total. The number of carbonyl (C=O) groups excluding carboxylic acids is 1. The zero-order chi connectivity index (χ0) is 19.4. The summed E-state index contributed by atoms with van der Waals surface area (Å²) in [6.45, 7) is 0. The molecule has 1 amide bonds. The smallest absolute Gasteiger partial charge is 0.285 e. The predicted octanol–water partition coefficient (Wildman–Crippen LogP) is 3.94. The van der Waals surface area contributed by atoms with Gasteiger partial charge in [0, 0.05) is 0 Å². The molecule has 1 aliphatic rings. The minimum atomic E-state index is -0.220. The Morgan fingerprint density at radius 3 is 2.22 bits per heavy atom. The van der Waals surface area contributed by atoms with Gasteiger partial charge < -0.3 is 14.2 Å². The molecular weight excluding hydrogens is 384 g/mol. The van der Waals surface area contributed by atoms with Gasteiger partial charge in [-0.05, 0) is 48.1 Å². The number of nitrogens with zero attached hydrogens (tertiary/aromatic N) is 1. The fourth-order valence-electron chi connectivity index (χ4n) is 2.54. The van der Waals surface area contributed by atoms with Crippen molar-refractivity contribution in [3.8, 4) is 17.2 Å². The summed E-state index contributed by atoms with van der Waals surface area (Å²) in [5.41, 5.74) is 4.55. The Bertz CT molecular complexity index is 875. The summed E-state index contributed by atoms with van der Waals surface area (Å²) in [6, 6.07) is 12.9. The van der Waals surface area contributed by atoms with E-state index in [1.54, 1.807) is 39.5 Å². The van der Waals surface area contributed by atoms with Crippen LogP contribution in [0, 0.1) is 0 Å². The first-order valence-corrected chi connectivity index (χ1v) is 9.19. The number of amides is 1. The van der Waals surface area contributed by atoms with Gasteiger partial charge in [-0.25, -0.2) is 5.01 Å². The summed E-state index contributed by atoms with van der Waals surface area (Å²) in [6.07, 6.45) is 1.75. The van der Waals surface area contributed by atoms with E-state index in [2.05, 4.69) is 5.43 Å². The number of anilines is 1. The molecule has 1 saturated heterocycles. The number of hydrogen-bond donors (Lipinski definition) is 1. The fourth-order valence-corrected chi connectivity index (χ4v) is 3.72. The molecule has 0 aromatic heterocycles. The molecule has 140 valence electrons. The summed E-state index contributed by atoms with van der Waals surface area (Å²) in [5, 5.41) is 1.36. The zero-order valence-corrected chi connectivity index (χ0v) is 16.6.